The summed E-state index contributed by atoms with van der Waals surface area (Å²) in [6, 6.07) is 3.73. The molecule has 118 valence electrons. The van der Waals surface area contributed by atoms with E-state index in [9.17, 15) is 4.79 Å². The van der Waals surface area contributed by atoms with Crippen LogP contribution in [-0.4, -0.2) is 24.4 Å². The minimum atomic E-state index is 0.0191. The van der Waals surface area contributed by atoms with Crippen LogP contribution in [0.4, 0.5) is 5.95 Å². The van der Waals surface area contributed by atoms with Crippen LogP contribution in [-0.2, 0) is 0 Å². The van der Waals surface area contributed by atoms with E-state index in [4.69, 9.17) is 0 Å². The fraction of sp³-hybridized carbons (Fsp3) is 0.375. The highest BCUT2D eigenvalue weighted by molar-refractivity contribution is 5.79. The number of pyridine rings is 1. The van der Waals surface area contributed by atoms with Crippen LogP contribution in [0.15, 0.2) is 35.5 Å². The molecule has 23 heavy (non-hydrogen) atoms. The van der Waals surface area contributed by atoms with Crippen LogP contribution in [0.25, 0.3) is 11.0 Å². The van der Waals surface area contributed by atoms with Crippen molar-refractivity contribution in [1.82, 2.24) is 24.4 Å². The quantitative estimate of drug-likeness (QED) is 0.803. The van der Waals surface area contributed by atoms with Crippen molar-refractivity contribution >= 4 is 17.0 Å². The van der Waals surface area contributed by atoms with Crippen LogP contribution in [0.2, 0.25) is 0 Å². The third-order valence-electron chi connectivity index (χ3n) is 4.41. The van der Waals surface area contributed by atoms with Gasteiger partial charge >= 0.3 is 0 Å². The number of anilines is 1. The molecule has 0 radical (unpaired) electrons. The van der Waals surface area contributed by atoms with E-state index in [0.29, 0.717) is 11.6 Å². The van der Waals surface area contributed by atoms with Crippen LogP contribution < -0.4 is 11.0 Å². The summed E-state index contributed by atoms with van der Waals surface area (Å²) in [5, 5.41) is 5.00. The highest BCUT2D eigenvalue weighted by Crippen LogP contribution is 2.30. The van der Waals surface area contributed by atoms with Gasteiger partial charge in [-0.3, -0.25) is 9.36 Å². The molecule has 1 saturated carbocycles. The number of aromatic nitrogens is 5. The summed E-state index contributed by atoms with van der Waals surface area (Å²) < 4.78 is 1.84. The highest BCUT2D eigenvalue weighted by atomic mass is 16.1. The molecule has 7 nitrogen and oxygen atoms in total. The Bertz CT molecular complexity index is 893. The van der Waals surface area contributed by atoms with E-state index < -0.39 is 0 Å². The van der Waals surface area contributed by atoms with Gasteiger partial charge in [0, 0.05) is 29.9 Å². The van der Waals surface area contributed by atoms with Gasteiger partial charge in [-0.25, -0.2) is 10.4 Å². The van der Waals surface area contributed by atoms with E-state index >= 15 is 0 Å². The first-order chi connectivity index (χ1) is 11.2. The van der Waals surface area contributed by atoms with Crippen molar-refractivity contribution in [2.45, 2.75) is 38.6 Å². The standard InChI is InChI=1S/C16H18N6O/c1-11-9-14(23)22(12-5-2-3-6-12)15-13(11)10-17-16(19-15)20-21-8-4-7-18-21/h4,7-10,12H,2-3,5-6H2,1H3,(H,17,19,20). The van der Waals surface area contributed by atoms with E-state index in [0.717, 1.165) is 36.6 Å². The van der Waals surface area contributed by atoms with Gasteiger partial charge in [-0.15, -0.1) is 0 Å². The molecule has 1 N–H and O–H groups in total. The lowest BCUT2D eigenvalue weighted by Crippen LogP contribution is -2.25. The van der Waals surface area contributed by atoms with Crippen molar-refractivity contribution in [2.24, 2.45) is 0 Å². The molecule has 1 aliphatic carbocycles. The van der Waals surface area contributed by atoms with Crippen molar-refractivity contribution in [3.05, 3.63) is 46.6 Å². The van der Waals surface area contributed by atoms with E-state index in [1.54, 1.807) is 24.7 Å². The Balaban J connectivity index is 1.87. The topological polar surface area (TPSA) is 77.6 Å². The van der Waals surface area contributed by atoms with Crippen LogP contribution in [0.3, 0.4) is 0 Å². The smallest absolute Gasteiger partial charge is 0.252 e. The zero-order valence-corrected chi connectivity index (χ0v) is 12.9. The summed E-state index contributed by atoms with van der Waals surface area (Å²) >= 11 is 0. The Kier molecular flexibility index (Phi) is 3.33. The average molecular weight is 310 g/mol. The number of hydrogen-bond donors (Lipinski definition) is 1. The number of aryl methyl sites for hydroxylation is 1. The molecule has 0 spiro atoms. The second-order valence-corrected chi connectivity index (χ2v) is 5.97. The van der Waals surface area contributed by atoms with Gasteiger partial charge in [0.05, 0.1) is 6.20 Å². The SMILES string of the molecule is Cc1cc(=O)n(C2CCCC2)c2nc(Nn3cccn3)ncc12. The lowest BCUT2D eigenvalue weighted by atomic mass is 10.1. The summed E-state index contributed by atoms with van der Waals surface area (Å²) in [7, 11) is 0. The van der Waals surface area contributed by atoms with Crippen molar-refractivity contribution in [3.63, 3.8) is 0 Å². The molecule has 1 aliphatic rings. The molecule has 0 bridgehead atoms. The molecule has 4 rings (SSSR count). The zero-order chi connectivity index (χ0) is 15.8. The predicted molar refractivity (Wildman–Crippen MR) is 87.3 cm³/mol. The first-order valence-electron chi connectivity index (χ1n) is 7.88. The molecule has 0 amide bonds. The Hall–Kier alpha value is -2.70. The normalized spacial score (nSPS) is 15.3. The third-order valence-corrected chi connectivity index (χ3v) is 4.41. The predicted octanol–water partition coefficient (Wildman–Crippen LogP) is 2.29. The fourth-order valence-corrected chi connectivity index (χ4v) is 3.28. The summed E-state index contributed by atoms with van der Waals surface area (Å²) in [5.74, 6) is 0.429. The van der Waals surface area contributed by atoms with Crippen molar-refractivity contribution in [1.29, 1.82) is 0 Å². The van der Waals surface area contributed by atoms with Gasteiger partial charge in [-0.05, 0) is 31.4 Å². The van der Waals surface area contributed by atoms with Gasteiger partial charge in [-0.1, -0.05) is 12.8 Å². The Morgan fingerprint density at radius 3 is 2.87 bits per heavy atom. The highest BCUT2D eigenvalue weighted by Gasteiger charge is 2.21. The van der Waals surface area contributed by atoms with E-state index in [2.05, 4.69) is 20.5 Å². The molecular weight excluding hydrogens is 292 g/mol. The number of rotatable bonds is 3. The number of fused-ring (bicyclic) bond motifs is 1. The maximum Gasteiger partial charge on any atom is 0.252 e. The maximum atomic E-state index is 12.5. The number of nitrogens with zero attached hydrogens (tertiary/aromatic N) is 5. The molecule has 3 heterocycles. The lowest BCUT2D eigenvalue weighted by Gasteiger charge is -2.17. The Morgan fingerprint density at radius 1 is 1.30 bits per heavy atom. The maximum absolute atomic E-state index is 12.5. The molecule has 0 aromatic carbocycles. The Morgan fingerprint density at radius 2 is 2.13 bits per heavy atom. The molecule has 0 unspecified atom stereocenters. The minimum Gasteiger partial charge on any atom is -0.289 e. The second-order valence-electron chi connectivity index (χ2n) is 5.97. The van der Waals surface area contributed by atoms with Crippen molar-refractivity contribution < 1.29 is 0 Å². The summed E-state index contributed by atoms with van der Waals surface area (Å²) in [5.41, 5.74) is 4.63. The largest absolute Gasteiger partial charge is 0.289 e. The molecule has 3 aromatic rings. The van der Waals surface area contributed by atoms with Crippen LogP contribution in [0, 0.1) is 6.92 Å². The lowest BCUT2D eigenvalue weighted by molar-refractivity contribution is 0.515. The van der Waals surface area contributed by atoms with Gasteiger partial charge in [0.2, 0.25) is 5.95 Å². The Labute approximate surface area is 133 Å². The van der Waals surface area contributed by atoms with Crippen molar-refractivity contribution in [3.8, 4) is 0 Å². The van der Waals surface area contributed by atoms with Gasteiger partial charge in [0.1, 0.15) is 5.65 Å². The summed E-state index contributed by atoms with van der Waals surface area (Å²) in [6.45, 7) is 1.92. The first kappa shape index (κ1) is 13.9. The minimum absolute atomic E-state index is 0.0191. The van der Waals surface area contributed by atoms with E-state index in [1.807, 2.05) is 17.6 Å². The van der Waals surface area contributed by atoms with Crippen LogP contribution in [0.5, 0.6) is 0 Å². The molecule has 3 aromatic heterocycles. The van der Waals surface area contributed by atoms with Gasteiger partial charge < -0.3 is 0 Å². The third kappa shape index (κ3) is 2.48. The van der Waals surface area contributed by atoms with Gasteiger partial charge in [0.15, 0.2) is 0 Å². The summed E-state index contributed by atoms with van der Waals surface area (Å²) in [4.78, 5) is 23.0. The first-order valence-corrected chi connectivity index (χ1v) is 7.88. The molecule has 0 saturated heterocycles. The molecule has 7 heteroatoms. The van der Waals surface area contributed by atoms with Crippen LogP contribution in [0.1, 0.15) is 37.3 Å². The van der Waals surface area contributed by atoms with E-state index in [-0.39, 0.29) is 11.6 Å². The average Bonchev–Trinajstić information content (AvgIpc) is 3.21. The molecular formula is C16H18N6O. The van der Waals surface area contributed by atoms with Gasteiger partial charge in [-0.2, -0.15) is 14.9 Å². The fourth-order valence-electron chi connectivity index (χ4n) is 3.28. The number of nitrogens with one attached hydrogen (secondary N) is 1. The second kappa shape index (κ2) is 5.49. The summed E-state index contributed by atoms with van der Waals surface area (Å²) in [6.07, 6.45) is 9.61. The molecule has 0 aliphatic heterocycles. The van der Waals surface area contributed by atoms with Crippen molar-refractivity contribution in [2.75, 3.05) is 5.43 Å². The monoisotopic (exact) mass is 310 g/mol. The van der Waals surface area contributed by atoms with E-state index in [1.165, 1.54) is 4.79 Å². The number of hydrogen-bond acceptors (Lipinski definition) is 5. The molecule has 0 atom stereocenters. The molecule has 1 fully saturated rings. The van der Waals surface area contributed by atoms with Crippen LogP contribution >= 0.6 is 0 Å². The zero-order valence-electron chi connectivity index (χ0n) is 12.9. The van der Waals surface area contributed by atoms with Gasteiger partial charge in [0.25, 0.3) is 5.56 Å².